The van der Waals surface area contributed by atoms with Gasteiger partial charge < -0.3 is 15.4 Å². The molecule has 0 unspecified atom stereocenters. The number of carbonyl (C=O) groups is 2. The lowest BCUT2D eigenvalue weighted by Crippen LogP contribution is -2.27. The standard InChI is InChI=1S/C16H16N2O3/c1-18(12-7-3-2-4-8-12)16(20)13-9-5-6-10-14(13)21-11-15(17)19/h2-10H,11H2,1H3,(H2,17,19). The lowest BCUT2D eigenvalue weighted by molar-refractivity contribution is -0.119. The molecule has 0 aliphatic rings. The minimum absolute atomic E-state index is 0.221. The van der Waals surface area contributed by atoms with Gasteiger partial charge in [-0.15, -0.1) is 0 Å². The van der Waals surface area contributed by atoms with Crippen LogP contribution >= 0.6 is 0 Å². The zero-order valence-corrected chi connectivity index (χ0v) is 11.7. The molecule has 0 fully saturated rings. The first-order chi connectivity index (χ1) is 10.1. The number of para-hydroxylation sites is 2. The maximum Gasteiger partial charge on any atom is 0.261 e. The molecular weight excluding hydrogens is 268 g/mol. The Morgan fingerprint density at radius 1 is 1.05 bits per heavy atom. The molecule has 0 bridgehead atoms. The van der Waals surface area contributed by atoms with Gasteiger partial charge in [0.2, 0.25) is 0 Å². The largest absolute Gasteiger partial charge is 0.483 e. The number of rotatable bonds is 5. The Labute approximate surface area is 122 Å². The van der Waals surface area contributed by atoms with E-state index in [-0.39, 0.29) is 12.5 Å². The van der Waals surface area contributed by atoms with Crippen molar-refractivity contribution in [3.8, 4) is 5.75 Å². The molecule has 0 heterocycles. The van der Waals surface area contributed by atoms with E-state index in [1.807, 2.05) is 30.3 Å². The molecule has 108 valence electrons. The van der Waals surface area contributed by atoms with Gasteiger partial charge in [-0.3, -0.25) is 9.59 Å². The molecule has 2 aromatic carbocycles. The highest BCUT2D eigenvalue weighted by molar-refractivity contribution is 6.07. The molecule has 0 saturated carbocycles. The summed E-state index contributed by atoms with van der Waals surface area (Å²) >= 11 is 0. The van der Waals surface area contributed by atoms with E-state index in [0.717, 1.165) is 5.69 Å². The molecule has 2 rings (SSSR count). The van der Waals surface area contributed by atoms with Crippen LogP contribution in [0.25, 0.3) is 0 Å². The first kappa shape index (κ1) is 14.6. The van der Waals surface area contributed by atoms with Crippen LogP contribution in [0, 0.1) is 0 Å². The SMILES string of the molecule is CN(C(=O)c1ccccc1OCC(N)=O)c1ccccc1. The summed E-state index contributed by atoms with van der Waals surface area (Å²) in [7, 11) is 1.68. The maximum atomic E-state index is 12.5. The van der Waals surface area contributed by atoms with Gasteiger partial charge in [-0.2, -0.15) is 0 Å². The van der Waals surface area contributed by atoms with Crippen molar-refractivity contribution < 1.29 is 14.3 Å². The van der Waals surface area contributed by atoms with Gasteiger partial charge in [0.15, 0.2) is 6.61 Å². The van der Waals surface area contributed by atoms with Crippen molar-refractivity contribution in [1.29, 1.82) is 0 Å². The third-order valence-corrected chi connectivity index (χ3v) is 2.94. The number of nitrogens with zero attached hydrogens (tertiary/aromatic N) is 1. The Balaban J connectivity index is 2.25. The van der Waals surface area contributed by atoms with Crippen LogP contribution in [-0.2, 0) is 4.79 Å². The summed E-state index contributed by atoms with van der Waals surface area (Å²) in [6.45, 7) is -0.265. The number of carbonyl (C=O) groups excluding carboxylic acids is 2. The number of amides is 2. The molecular formula is C16H16N2O3. The molecule has 0 atom stereocenters. The van der Waals surface area contributed by atoms with E-state index in [0.29, 0.717) is 11.3 Å². The molecule has 2 N–H and O–H groups in total. The van der Waals surface area contributed by atoms with E-state index in [2.05, 4.69) is 0 Å². The minimum atomic E-state index is -0.589. The molecule has 2 aromatic rings. The summed E-state index contributed by atoms with van der Waals surface area (Å²) in [6, 6.07) is 16.0. The number of primary amides is 1. The molecule has 2 amide bonds. The fraction of sp³-hybridized carbons (Fsp3) is 0.125. The fourth-order valence-corrected chi connectivity index (χ4v) is 1.87. The Kier molecular flexibility index (Phi) is 4.56. The smallest absolute Gasteiger partial charge is 0.261 e. The zero-order chi connectivity index (χ0) is 15.2. The van der Waals surface area contributed by atoms with Crippen molar-refractivity contribution >= 4 is 17.5 Å². The second-order valence-electron chi connectivity index (χ2n) is 4.45. The van der Waals surface area contributed by atoms with Crippen LogP contribution in [0.3, 0.4) is 0 Å². The van der Waals surface area contributed by atoms with Crippen molar-refractivity contribution in [2.45, 2.75) is 0 Å². The van der Waals surface area contributed by atoms with E-state index >= 15 is 0 Å². The average molecular weight is 284 g/mol. The Morgan fingerprint density at radius 3 is 2.33 bits per heavy atom. The number of anilines is 1. The lowest BCUT2D eigenvalue weighted by atomic mass is 10.1. The van der Waals surface area contributed by atoms with Crippen LogP contribution in [0.2, 0.25) is 0 Å². The summed E-state index contributed by atoms with van der Waals surface area (Å²) in [5.74, 6) is -0.473. The number of ether oxygens (including phenoxy) is 1. The second-order valence-corrected chi connectivity index (χ2v) is 4.45. The van der Waals surface area contributed by atoms with Crippen LogP contribution in [0.15, 0.2) is 54.6 Å². The molecule has 0 spiro atoms. The molecule has 21 heavy (non-hydrogen) atoms. The highest BCUT2D eigenvalue weighted by atomic mass is 16.5. The Hall–Kier alpha value is -2.82. The van der Waals surface area contributed by atoms with Crippen LogP contribution < -0.4 is 15.4 Å². The van der Waals surface area contributed by atoms with Gasteiger partial charge in [-0.05, 0) is 24.3 Å². The van der Waals surface area contributed by atoms with Crippen molar-refractivity contribution in [1.82, 2.24) is 0 Å². The van der Waals surface area contributed by atoms with Gasteiger partial charge in [0.05, 0.1) is 5.56 Å². The minimum Gasteiger partial charge on any atom is -0.483 e. The summed E-state index contributed by atoms with van der Waals surface area (Å²) in [5.41, 5.74) is 6.21. The van der Waals surface area contributed by atoms with Gasteiger partial charge in [-0.1, -0.05) is 30.3 Å². The third kappa shape index (κ3) is 3.60. The molecule has 0 aliphatic carbocycles. The zero-order valence-electron chi connectivity index (χ0n) is 11.7. The quantitative estimate of drug-likeness (QED) is 0.910. The lowest BCUT2D eigenvalue weighted by Gasteiger charge is -2.19. The van der Waals surface area contributed by atoms with E-state index in [1.165, 1.54) is 4.90 Å². The van der Waals surface area contributed by atoms with Crippen LogP contribution in [0.4, 0.5) is 5.69 Å². The topological polar surface area (TPSA) is 72.6 Å². The fourth-order valence-electron chi connectivity index (χ4n) is 1.87. The molecule has 0 aliphatic heterocycles. The van der Waals surface area contributed by atoms with E-state index < -0.39 is 5.91 Å². The first-order valence-corrected chi connectivity index (χ1v) is 6.43. The number of nitrogens with two attached hydrogens (primary N) is 1. The van der Waals surface area contributed by atoms with Crippen molar-refractivity contribution in [2.75, 3.05) is 18.6 Å². The predicted molar refractivity (Wildman–Crippen MR) is 80.3 cm³/mol. The van der Waals surface area contributed by atoms with Crippen LogP contribution in [0.5, 0.6) is 5.75 Å². The summed E-state index contributed by atoms with van der Waals surface area (Å²) in [4.78, 5) is 24.9. The summed E-state index contributed by atoms with van der Waals surface area (Å²) < 4.78 is 5.28. The third-order valence-electron chi connectivity index (χ3n) is 2.94. The number of hydrogen-bond acceptors (Lipinski definition) is 3. The van der Waals surface area contributed by atoms with Gasteiger partial charge in [-0.25, -0.2) is 0 Å². The summed E-state index contributed by atoms with van der Waals surface area (Å²) in [6.07, 6.45) is 0. The second kappa shape index (κ2) is 6.56. The van der Waals surface area contributed by atoms with Gasteiger partial charge in [0.25, 0.3) is 11.8 Å². The van der Waals surface area contributed by atoms with E-state index in [1.54, 1.807) is 31.3 Å². The van der Waals surface area contributed by atoms with Crippen molar-refractivity contribution in [3.63, 3.8) is 0 Å². The molecule has 5 heteroatoms. The molecule has 0 saturated heterocycles. The highest BCUT2D eigenvalue weighted by Gasteiger charge is 2.17. The van der Waals surface area contributed by atoms with Gasteiger partial charge >= 0.3 is 0 Å². The summed E-state index contributed by atoms with van der Waals surface area (Å²) in [5, 5.41) is 0. The maximum absolute atomic E-state index is 12.5. The number of benzene rings is 2. The predicted octanol–water partition coefficient (Wildman–Crippen LogP) is 1.83. The van der Waals surface area contributed by atoms with Crippen LogP contribution in [0.1, 0.15) is 10.4 Å². The molecule has 5 nitrogen and oxygen atoms in total. The normalized spacial score (nSPS) is 9.95. The average Bonchev–Trinajstić information content (AvgIpc) is 2.52. The molecule has 0 aromatic heterocycles. The van der Waals surface area contributed by atoms with E-state index in [9.17, 15) is 9.59 Å². The highest BCUT2D eigenvalue weighted by Crippen LogP contribution is 2.22. The van der Waals surface area contributed by atoms with Crippen molar-refractivity contribution in [3.05, 3.63) is 60.2 Å². The number of hydrogen-bond donors (Lipinski definition) is 1. The Morgan fingerprint density at radius 2 is 1.67 bits per heavy atom. The van der Waals surface area contributed by atoms with Crippen LogP contribution in [-0.4, -0.2) is 25.5 Å². The molecule has 0 radical (unpaired) electrons. The van der Waals surface area contributed by atoms with Gasteiger partial charge in [0.1, 0.15) is 5.75 Å². The van der Waals surface area contributed by atoms with E-state index in [4.69, 9.17) is 10.5 Å². The first-order valence-electron chi connectivity index (χ1n) is 6.43. The monoisotopic (exact) mass is 284 g/mol. The van der Waals surface area contributed by atoms with Gasteiger partial charge in [0, 0.05) is 12.7 Å². The Bertz CT molecular complexity index is 641. The van der Waals surface area contributed by atoms with Crippen molar-refractivity contribution in [2.24, 2.45) is 5.73 Å².